The Morgan fingerprint density at radius 3 is 2.52 bits per heavy atom. The molecule has 0 saturated carbocycles. The maximum Gasteiger partial charge on any atom is 0.264 e. The number of nitrogens with one attached hydrogen (secondary N) is 1. The third kappa shape index (κ3) is 4.34. The highest BCUT2D eigenvalue weighted by atomic mass is 35.5. The molecule has 1 N–H and O–H groups in total. The Bertz CT molecular complexity index is 796. The molecule has 3 nitrogen and oxygen atoms in total. The van der Waals surface area contributed by atoms with E-state index in [1.54, 1.807) is 30.3 Å². The van der Waals surface area contributed by atoms with Crippen LogP contribution in [0, 0.1) is 0 Å². The quantitative estimate of drug-likeness (QED) is 0.816. The van der Waals surface area contributed by atoms with Gasteiger partial charge in [0.25, 0.3) is 5.91 Å². The van der Waals surface area contributed by atoms with Crippen LogP contribution in [0.2, 0.25) is 5.02 Å². The lowest BCUT2D eigenvalue weighted by atomic mass is 10.2. The van der Waals surface area contributed by atoms with Gasteiger partial charge >= 0.3 is 0 Å². The van der Waals surface area contributed by atoms with Gasteiger partial charge in [-0.25, -0.2) is 4.99 Å². The number of allylic oxidation sites excluding steroid dienone is 2. The molecule has 1 heterocycles. The predicted octanol–water partition coefficient (Wildman–Crippen LogP) is 4.79. The molecule has 0 bridgehead atoms. The molecule has 5 heteroatoms. The summed E-state index contributed by atoms with van der Waals surface area (Å²) >= 11 is 7.16. The lowest BCUT2D eigenvalue weighted by Crippen LogP contribution is -2.19. The molecule has 1 saturated heterocycles. The third-order valence-electron chi connectivity index (χ3n) is 3.04. The first-order chi connectivity index (χ1) is 11.2. The molecular formula is C18H13ClN2OS. The molecule has 3 rings (SSSR count). The van der Waals surface area contributed by atoms with Gasteiger partial charge in [-0.15, -0.1) is 0 Å². The molecule has 0 unspecified atom stereocenters. The number of thioether (sulfide) groups is 1. The summed E-state index contributed by atoms with van der Waals surface area (Å²) < 4.78 is 0. The minimum absolute atomic E-state index is 0.138. The standard InChI is InChI=1S/C18H13ClN2OS/c19-14-9-11-15(12-10-14)20-18-21-17(22)16(23-18)8-4-7-13-5-2-1-3-6-13/h1-12H,(H,20,21,22)/b7-4+,16-8-. The number of amidine groups is 1. The monoisotopic (exact) mass is 340 g/mol. The van der Waals surface area contributed by atoms with Crippen LogP contribution in [0.1, 0.15) is 5.56 Å². The maximum absolute atomic E-state index is 11.9. The average molecular weight is 341 g/mol. The van der Waals surface area contributed by atoms with Crippen molar-refractivity contribution in [3.05, 3.63) is 82.2 Å². The van der Waals surface area contributed by atoms with E-state index < -0.39 is 0 Å². The van der Waals surface area contributed by atoms with E-state index in [1.165, 1.54) is 11.8 Å². The van der Waals surface area contributed by atoms with Crippen LogP contribution in [0.5, 0.6) is 0 Å². The van der Waals surface area contributed by atoms with Gasteiger partial charge in [-0.2, -0.15) is 0 Å². The van der Waals surface area contributed by atoms with Crippen molar-refractivity contribution in [2.45, 2.75) is 0 Å². The molecule has 23 heavy (non-hydrogen) atoms. The summed E-state index contributed by atoms with van der Waals surface area (Å²) in [5, 5.41) is 3.98. The summed E-state index contributed by atoms with van der Waals surface area (Å²) in [7, 11) is 0. The lowest BCUT2D eigenvalue weighted by Gasteiger charge is -1.96. The second kappa shape index (κ2) is 7.31. The van der Waals surface area contributed by atoms with Crippen LogP contribution in [0.25, 0.3) is 6.08 Å². The van der Waals surface area contributed by atoms with Gasteiger partial charge in [0.1, 0.15) is 0 Å². The molecule has 1 amide bonds. The summed E-state index contributed by atoms with van der Waals surface area (Å²) in [5.41, 5.74) is 1.83. The first-order valence-electron chi connectivity index (χ1n) is 6.97. The molecule has 114 valence electrons. The third-order valence-corrected chi connectivity index (χ3v) is 4.22. The van der Waals surface area contributed by atoms with E-state index in [0.717, 1.165) is 11.3 Å². The molecule has 0 atom stereocenters. The SMILES string of the molecule is O=C1NC(=Nc2ccc(Cl)cc2)S/C1=C\C=C\c1ccccc1. The molecule has 1 aliphatic heterocycles. The molecule has 1 aliphatic rings. The van der Waals surface area contributed by atoms with Crippen LogP contribution in [-0.4, -0.2) is 11.1 Å². The van der Waals surface area contributed by atoms with E-state index >= 15 is 0 Å². The van der Waals surface area contributed by atoms with Crippen molar-refractivity contribution in [2.24, 2.45) is 4.99 Å². The van der Waals surface area contributed by atoms with E-state index in [2.05, 4.69) is 10.3 Å². The Morgan fingerprint density at radius 2 is 1.78 bits per heavy atom. The summed E-state index contributed by atoms with van der Waals surface area (Å²) in [6.45, 7) is 0. The Hall–Kier alpha value is -2.30. The normalized spacial score (nSPS) is 18.0. The first-order valence-corrected chi connectivity index (χ1v) is 8.17. The molecule has 0 spiro atoms. The Labute approximate surface area is 143 Å². The van der Waals surface area contributed by atoms with Gasteiger partial charge in [-0.1, -0.05) is 54.1 Å². The van der Waals surface area contributed by atoms with E-state index in [4.69, 9.17) is 11.6 Å². The molecule has 0 radical (unpaired) electrons. The van der Waals surface area contributed by atoms with Gasteiger partial charge in [-0.05, 0) is 47.7 Å². The van der Waals surface area contributed by atoms with Crippen molar-refractivity contribution in [1.29, 1.82) is 0 Å². The number of hydrogen-bond donors (Lipinski definition) is 1. The molecule has 0 aromatic heterocycles. The van der Waals surface area contributed by atoms with Crippen LogP contribution >= 0.6 is 23.4 Å². The van der Waals surface area contributed by atoms with Crippen LogP contribution in [0.15, 0.2) is 76.6 Å². The highest BCUT2D eigenvalue weighted by Gasteiger charge is 2.22. The smallest absolute Gasteiger partial charge is 0.264 e. The topological polar surface area (TPSA) is 41.5 Å². The zero-order valence-corrected chi connectivity index (χ0v) is 13.6. The number of benzene rings is 2. The number of rotatable bonds is 3. The number of amides is 1. The number of aliphatic imine (C=N–C) groups is 1. The van der Waals surface area contributed by atoms with Gasteiger partial charge < -0.3 is 5.32 Å². The van der Waals surface area contributed by atoms with Crippen molar-refractivity contribution in [3.63, 3.8) is 0 Å². The predicted molar refractivity (Wildman–Crippen MR) is 97.8 cm³/mol. The van der Waals surface area contributed by atoms with Gasteiger partial charge in [0.05, 0.1) is 10.6 Å². The van der Waals surface area contributed by atoms with E-state index in [0.29, 0.717) is 15.1 Å². The van der Waals surface area contributed by atoms with Gasteiger partial charge in [0, 0.05) is 5.02 Å². The fraction of sp³-hybridized carbons (Fsp3) is 0. The number of nitrogens with zero attached hydrogens (tertiary/aromatic N) is 1. The molecule has 2 aromatic rings. The van der Waals surface area contributed by atoms with Gasteiger partial charge in [-0.3, -0.25) is 4.79 Å². The first kappa shape index (κ1) is 15.6. The maximum atomic E-state index is 11.9. The minimum Gasteiger partial charge on any atom is -0.300 e. The molecule has 2 aromatic carbocycles. The number of halogens is 1. The minimum atomic E-state index is -0.138. The average Bonchev–Trinajstić information content (AvgIpc) is 2.90. The van der Waals surface area contributed by atoms with Crippen LogP contribution in [0.4, 0.5) is 5.69 Å². The van der Waals surface area contributed by atoms with E-state index in [1.807, 2.05) is 42.5 Å². The number of carbonyl (C=O) groups excluding carboxylic acids is 1. The largest absolute Gasteiger partial charge is 0.300 e. The van der Waals surface area contributed by atoms with E-state index in [-0.39, 0.29) is 5.91 Å². The van der Waals surface area contributed by atoms with Gasteiger partial charge in [0.15, 0.2) is 5.17 Å². The number of carbonyl (C=O) groups is 1. The zero-order valence-electron chi connectivity index (χ0n) is 12.1. The highest BCUT2D eigenvalue weighted by Crippen LogP contribution is 2.26. The number of hydrogen-bond acceptors (Lipinski definition) is 3. The highest BCUT2D eigenvalue weighted by molar-refractivity contribution is 8.18. The van der Waals surface area contributed by atoms with Crippen molar-refractivity contribution in [2.75, 3.05) is 0 Å². The molecule has 0 aliphatic carbocycles. The second-order valence-corrected chi connectivity index (χ2v) is 6.22. The summed E-state index contributed by atoms with van der Waals surface area (Å²) in [6, 6.07) is 17.1. The van der Waals surface area contributed by atoms with Gasteiger partial charge in [0.2, 0.25) is 0 Å². The Morgan fingerprint density at radius 1 is 1.04 bits per heavy atom. The summed E-state index contributed by atoms with van der Waals surface area (Å²) in [5.74, 6) is -0.138. The summed E-state index contributed by atoms with van der Waals surface area (Å²) in [6.07, 6.45) is 5.61. The summed E-state index contributed by atoms with van der Waals surface area (Å²) in [4.78, 5) is 16.9. The van der Waals surface area contributed by atoms with E-state index in [9.17, 15) is 4.79 Å². The van der Waals surface area contributed by atoms with Crippen molar-refractivity contribution in [3.8, 4) is 0 Å². The molecule has 1 fully saturated rings. The van der Waals surface area contributed by atoms with Crippen molar-refractivity contribution >= 4 is 46.2 Å². The fourth-order valence-electron chi connectivity index (χ4n) is 1.94. The Kier molecular flexibility index (Phi) is 4.95. The second-order valence-electron chi connectivity index (χ2n) is 4.75. The molecular weight excluding hydrogens is 328 g/mol. The van der Waals surface area contributed by atoms with Crippen molar-refractivity contribution < 1.29 is 4.79 Å². The Balaban J connectivity index is 1.71. The van der Waals surface area contributed by atoms with Crippen molar-refractivity contribution in [1.82, 2.24) is 5.32 Å². The zero-order chi connectivity index (χ0) is 16.1. The van der Waals surface area contributed by atoms with Crippen LogP contribution < -0.4 is 5.32 Å². The lowest BCUT2D eigenvalue weighted by molar-refractivity contribution is -0.115. The van der Waals surface area contributed by atoms with Crippen LogP contribution in [-0.2, 0) is 4.79 Å². The van der Waals surface area contributed by atoms with Crippen LogP contribution in [0.3, 0.4) is 0 Å². The fourth-order valence-corrected chi connectivity index (χ4v) is 2.86.